The minimum Gasteiger partial charge on any atom is -0.497 e. The molecule has 3 aromatic rings. The van der Waals surface area contributed by atoms with Gasteiger partial charge in [0.2, 0.25) is 5.91 Å². The molecule has 2 N–H and O–H groups in total. The van der Waals surface area contributed by atoms with Crippen LogP contribution in [0.2, 0.25) is 0 Å². The molecule has 2 aromatic carbocycles. The number of hydrogen-bond donors (Lipinski definition) is 2. The lowest BCUT2D eigenvalue weighted by Gasteiger charge is -2.08. The monoisotopic (exact) mass is 396 g/mol. The van der Waals surface area contributed by atoms with E-state index in [0.29, 0.717) is 28.1 Å². The van der Waals surface area contributed by atoms with Gasteiger partial charge in [0.25, 0.3) is 5.91 Å². The first-order chi connectivity index (χ1) is 14.0. The van der Waals surface area contributed by atoms with Crippen LogP contribution >= 0.6 is 0 Å². The minimum atomic E-state index is -0.369. The molecular weight excluding hydrogens is 372 g/mol. The fraction of sp³-hybridized carbons (Fsp3) is 0.273. The average Bonchev–Trinajstić information content (AvgIpc) is 2.99. The Balaban J connectivity index is 2.06. The number of benzene rings is 2. The number of ether oxygens (including phenoxy) is 1. The van der Waals surface area contributed by atoms with Crippen LogP contribution in [0, 0.1) is 13.8 Å². The highest BCUT2D eigenvalue weighted by Gasteiger charge is 2.22. The maximum atomic E-state index is 13.2. The molecule has 0 fully saturated rings. The van der Waals surface area contributed by atoms with Crippen LogP contribution in [0.4, 0.5) is 0 Å². The average molecular weight is 396 g/mol. The zero-order chi connectivity index (χ0) is 21.0. The summed E-state index contributed by atoms with van der Waals surface area (Å²) in [5, 5.41) is 9.53. The number of aryl methyl sites for hydroxylation is 1. The van der Waals surface area contributed by atoms with Gasteiger partial charge in [0, 0.05) is 16.6 Å². The van der Waals surface area contributed by atoms with E-state index in [2.05, 4.69) is 5.48 Å². The highest BCUT2D eigenvalue weighted by molar-refractivity contribution is 6.05. The van der Waals surface area contributed by atoms with E-state index in [0.717, 1.165) is 10.9 Å². The zero-order valence-electron chi connectivity index (χ0n) is 16.7. The van der Waals surface area contributed by atoms with Gasteiger partial charge in [-0.2, -0.15) is 0 Å². The van der Waals surface area contributed by atoms with Crippen molar-refractivity contribution in [2.24, 2.45) is 0 Å². The van der Waals surface area contributed by atoms with Crippen LogP contribution in [0.1, 0.15) is 27.2 Å². The highest BCUT2D eigenvalue weighted by atomic mass is 16.7. The first kappa shape index (κ1) is 20.6. The van der Waals surface area contributed by atoms with Crippen LogP contribution < -0.4 is 10.2 Å². The third kappa shape index (κ3) is 4.31. The predicted molar refractivity (Wildman–Crippen MR) is 109 cm³/mol. The molecule has 1 heterocycles. The number of rotatable bonds is 7. The number of amides is 1. The number of nitrogens with zero attached hydrogens (tertiary/aromatic N) is 1. The fourth-order valence-corrected chi connectivity index (χ4v) is 3.27. The van der Waals surface area contributed by atoms with Crippen molar-refractivity contribution < 1.29 is 24.3 Å². The van der Waals surface area contributed by atoms with Crippen LogP contribution in [0.15, 0.2) is 42.5 Å². The Kier molecular flexibility index (Phi) is 6.31. The quantitative estimate of drug-likeness (QED) is 0.473. The van der Waals surface area contributed by atoms with Gasteiger partial charge in [-0.25, -0.2) is 5.48 Å². The summed E-state index contributed by atoms with van der Waals surface area (Å²) in [6.45, 7) is 3.59. The second-order valence-electron chi connectivity index (χ2n) is 6.73. The van der Waals surface area contributed by atoms with Gasteiger partial charge < -0.3 is 9.84 Å². The van der Waals surface area contributed by atoms with Crippen molar-refractivity contribution in [3.63, 3.8) is 0 Å². The number of methoxy groups -OCH3 is 1. The molecule has 0 saturated heterocycles. The molecule has 0 radical (unpaired) electrons. The van der Waals surface area contributed by atoms with Crippen molar-refractivity contribution >= 4 is 22.7 Å². The second-order valence-corrected chi connectivity index (χ2v) is 6.73. The van der Waals surface area contributed by atoms with Crippen LogP contribution in [0.25, 0.3) is 10.9 Å². The van der Waals surface area contributed by atoms with Gasteiger partial charge in [0.15, 0.2) is 0 Å². The molecule has 0 saturated carbocycles. The standard InChI is InChI=1S/C22H24N2O5/c1-14-4-6-16(7-5-14)22(27)24-15(2)18(13-21(26)23-29-11-10-25)19-12-17(28-3)8-9-20(19)24/h4-9,12,25H,10-11,13H2,1-3H3,(H,23,26). The van der Waals surface area contributed by atoms with E-state index < -0.39 is 0 Å². The first-order valence-electron chi connectivity index (χ1n) is 9.27. The van der Waals surface area contributed by atoms with E-state index in [-0.39, 0.29) is 31.4 Å². The van der Waals surface area contributed by atoms with Gasteiger partial charge in [-0.3, -0.25) is 19.0 Å². The van der Waals surface area contributed by atoms with Gasteiger partial charge >= 0.3 is 0 Å². The number of hydrogen-bond acceptors (Lipinski definition) is 5. The van der Waals surface area contributed by atoms with Gasteiger partial charge in [0.1, 0.15) is 5.75 Å². The maximum Gasteiger partial charge on any atom is 0.262 e. The molecule has 152 valence electrons. The molecule has 3 rings (SSSR count). The first-order valence-corrected chi connectivity index (χ1v) is 9.27. The number of aliphatic hydroxyl groups excluding tert-OH is 1. The lowest BCUT2D eigenvalue weighted by atomic mass is 10.1. The Hall–Kier alpha value is -3.16. The van der Waals surface area contributed by atoms with Crippen molar-refractivity contribution in [1.82, 2.24) is 10.0 Å². The van der Waals surface area contributed by atoms with Crippen LogP contribution in [0.5, 0.6) is 5.75 Å². The summed E-state index contributed by atoms with van der Waals surface area (Å²) in [5.74, 6) is 0.0997. The van der Waals surface area contributed by atoms with E-state index in [4.69, 9.17) is 14.7 Å². The normalized spacial score (nSPS) is 10.9. The van der Waals surface area contributed by atoms with E-state index in [1.165, 1.54) is 0 Å². The van der Waals surface area contributed by atoms with Crippen molar-refractivity contribution in [1.29, 1.82) is 0 Å². The summed E-state index contributed by atoms with van der Waals surface area (Å²) in [4.78, 5) is 30.4. The van der Waals surface area contributed by atoms with E-state index in [1.807, 2.05) is 38.1 Å². The van der Waals surface area contributed by atoms with Gasteiger partial charge in [-0.1, -0.05) is 17.7 Å². The third-order valence-corrected chi connectivity index (χ3v) is 4.76. The molecule has 0 aliphatic rings. The van der Waals surface area contributed by atoms with E-state index in [9.17, 15) is 9.59 Å². The van der Waals surface area contributed by atoms with Crippen molar-refractivity contribution in [3.05, 3.63) is 64.8 Å². The molecule has 0 unspecified atom stereocenters. The van der Waals surface area contributed by atoms with Gasteiger partial charge in [0.05, 0.1) is 32.3 Å². The number of aliphatic hydroxyl groups is 1. The molecule has 29 heavy (non-hydrogen) atoms. The predicted octanol–water partition coefficient (Wildman–Crippen LogP) is 2.54. The summed E-state index contributed by atoms with van der Waals surface area (Å²) in [6.07, 6.45) is 0.0229. The van der Waals surface area contributed by atoms with Crippen molar-refractivity contribution in [3.8, 4) is 5.75 Å². The summed E-state index contributed by atoms with van der Waals surface area (Å²) in [7, 11) is 1.57. The summed E-state index contributed by atoms with van der Waals surface area (Å²) in [6, 6.07) is 12.8. The topological polar surface area (TPSA) is 89.8 Å². The Morgan fingerprint density at radius 2 is 1.83 bits per heavy atom. The van der Waals surface area contributed by atoms with Crippen LogP contribution in [0.3, 0.4) is 0 Å². The fourth-order valence-electron chi connectivity index (χ4n) is 3.27. The maximum absolute atomic E-state index is 13.2. The van der Waals surface area contributed by atoms with Crippen LogP contribution in [-0.4, -0.2) is 41.8 Å². The van der Waals surface area contributed by atoms with E-state index in [1.54, 1.807) is 29.9 Å². The third-order valence-electron chi connectivity index (χ3n) is 4.76. The van der Waals surface area contributed by atoms with Crippen molar-refractivity contribution in [2.75, 3.05) is 20.3 Å². The zero-order valence-corrected chi connectivity index (χ0v) is 16.7. The smallest absolute Gasteiger partial charge is 0.262 e. The molecule has 0 aliphatic carbocycles. The highest BCUT2D eigenvalue weighted by Crippen LogP contribution is 2.30. The van der Waals surface area contributed by atoms with E-state index >= 15 is 0 Å². The molecule has 1 aromatic heterocycles. The summed E-state index contributed by atoms with van der Waals surface area (Å²) >= 11 is 0. The number of carbonyl (C=O) groups is 2. The number of aromatic nitrogens is 1. The number of hydroxylamine groups is 1. The van der Waals surface area contributed by atoms with Crippen LogP contribution in [-0.2, 0) is 16.1 Å². The lowest BCUT2D eigenvalue weighted by molar-refractivity contribution is -0.133. The van der Waals surface area contributed by atoms with Gasteiger partial charge in [-0.15, -0.1) is 0 Å². The minimum absolute atomic E-state index is 0.00617. The Bertz CT molecular complexity index is 1040. The Labute approximate surface area is 168 Å². The molecule has 0 atom stereocenters. The Morgan fingerprint density at radius 1 is 1.10 bits per heavy atom. The molecule has 7 nitrogen and oxygen atoms in total. The number of fused-ring (bicyclic) bond motifs is 1. The molecule has 7 heteroatoms. The molecule has 0 spiro atoms. The van der Waals surface area contributed by atoms with Crippen molar-refractivity contribution in [2.45, 2.75) is 20.3 Å². The molecule has 0 aliphatic heterocycles. The molecule has 0 bridgehead atoms. The lowest BCUT2D eigenvalue weighted by Crippen LogP contribution is -2.27. The summed E-state index contributed by atoms with van der Waals surface area (Å²) < 4.78 is 6.94. The summed E-state index contributed by atoms with van der Waals surface area (Å²) in [5.41, 5.74) is 6.03. The second kappa shape index (κ2) is 8.89. The molecule has 1 amide bonds. The number of nitrogens with one attached hydrogen (secondary N) is 1. The Morgan fingerprint density at radius 3 is 2.48 bits per heavy atom. The SMILES string of the molecule is COc1ccc2c(c1)c(CC(=O)NOCCO)c(C)n2C(=O)c1ccc(C)cc1. The largest absolute Gasteiger partial charge is 0.497 e. The molecular formula is C22H24N2O5. The van der Waals surface area contributed by atoms with Gasteiger partial charge in [-0.05, 0) is 49.7 Å². The number of carbonyl (C=O) groups excluding carboxylic acids is 2.